The molecule has 0 heterocycles. The fourth-order valence-corrected chi connectivity index (χ4v) is 0.981. The predicted molar refractivity (Wildman–Crippen MR) is 49.7 cm³/mol. The molecule has 0 saturated carbocycles. The van der Waals surface area contributed by atoms with Gasteiger partial charge in [0.15, 0.2) is 0 Å². The van der Waals surface area contributed by atoms with Crippen LogP contribution in [-0.2, 0) is 4.79 Å². The van der Waals surface area contributed by atoms with Gasteiger partial charge in [-0.3, -0.25) is 4.79 Å². The molecule has 0 aromatic heterocycles. The third-order valence-corrected chi connectivity index (χ3v) is 1.68. The zero-order valence-corrected chi connectivity index (χ0v) is 7.08. The average molecular weight is 182 g/mol. The van der Waals surface area contributed by atoms with Crippen LogP contribution in [-0.4, -0.2) is 5.91 Å². The monoisotopic (exact) mass is 181 g/mol. The number of rotatable bonds is 2. The van der Waals surface area contributed by atoms with E-state index < -0.39 is 5.91 Å². The summed E-state index contributed by atoms with van der Waals surface area (Å²) in [6.45, 7) is 0. The molecule has 0 spiro atoms. The molecule has 0 aliphatic carbocycles. The van der Waals surface area contributed by atoms with Gasteiger partial charge in [0, 0.05) is 11.1 Å². The lowest BCUT2D eigenvalue weighted by molar-refractivity contribution is -0.113. The number of halogens is 1. The van der Waals surface area contributed by atoms with E-state index in [9.17, 15) is 4.79 Å². The maximum atomic E-state index is 10.4. The largest absolute Gasteiger partial charge is 0.366 e. The number of carbonyl (C=O) groups is 1. The third kappa shape index (κ3) is 2.40. The Morgan fingerprint density at radius 2 is 2.08 bits per heavy atom. The van der Waals surface area contributed by atoms with Crippen LogP contribution in [0.3, 0.4) is 0 Å². The van der Waals surface area contributed by atoms with Crippen LogP contribution in [0.5, 0.6) is 0 Å². The number of amides is 1. The Labute approximate surface area is 75.6 Å². The van der Waals surface area contributed by atoms with Crippen molar-refractivity contribution >= 4 is 23.6 Å². The molecule has 0 unspecified atom stereocenters. The van der Waals surface area contributed by atoms with Crippen LogP contribution in [0.2, 0.25) is 5.02 Å². The molecule has 1 amide bonds. The molecule has 1 aromatic rings. The Balaban J connectivity index is 2.89. The SMILES string of the molecule is NC(=O)/C=C\c1ccccc1Cl. The second kappa shape index (κ2) is 3.93. The normalized spacial score (nSPS) is 10.4. The number of nitrogens with two attached hydrogens (primary N) is 1. The van der Waals surface area contributed by atoms with Crippen molar-refractivity contribution in [1.82, 2.24) is 0 Å². The van der Waals surface area contributed by atoms with Crippen LogP contribution in [0.4, 0.5) is 0 Å². The molecule has 0 atom stereocenters. The molecule has 0 bridgehead atoms. The first-order valence-electron chi connectivity index (χ1n) is 3.42. The Hall–Kier alpha value is -1.28. The van der Waals surface area contributed by atoms with Gasteiger partial charge in [-0.05, 0) is 17.7 Å². The summed E-state index contributed by atoms with van der Waals surface area (Å²) >= 11 is 5.80. The summed E-state index contributed by atoms with van der Waals surface area (Å²) in [7, 11) is 0. The van der Waals surface area contributed by atoms with Crippen molar-refractivity contribution in [2.45, 2.75) is 0 Å². The summed E-state index contributed by atoms with van der Waals surface area (Å²) in [4.78, 5) is 10.4. The Morgan fingerprint density at radius 3 is 2.67 bits per heavy atom. The molecule has 0 fully saturated rings. The number of hydrogen-bond donors (Lipinski definition) is 1. The van der Waals surface area contributed by atoms with E-state index in [1.54, 1.807) is 12.1 Å². The van der Waals surface area contributed by atoms with Crippen molar-refractivity contribution in [2.24, 2.45) is 5.73 Å². The van der Waals surface area contributed by atoms with Crippen molar-refractivity contribution in [1.29, 1.82) is 0 Å². The van der Waals surface area contributed by atoms with E-state index in [0.29, 0.717) is 5.02 Å². The number of carbonyl (C=O) groups excluding carboxylic acids is 1. The number of benzene rings is 1. The van der Waals surface area contributed by atoms with E-state index in [2.05, 4.69) is 0 Å². The first kappa shape index (κ1) is 8.81. The van der Waals surface area contributed by atoms with Crippen molar-refractivity contribution in [3.8, 4) is 0 Å². The molecule has 0 aliphatic heterocycles. The fourth-order valence-electron chi connectivity index (χ4n) is 0.782. The zero-order valence-electron chi connectivity index (χ0n) is 6.33. The van der Waals surface area contributed by atoms with Gasteiger partial charge in [0.1, 0.15) is 0 Å². The molecule has 1 rings (SSSR count). The van der Waals surface area contributed by atoms with Crippen LogP contribution in [0.25, 0.3) is 6.08 Å². The van der Waals surface area contributed by atoms with E-state index in [1.165, 1.54) is 6.08 Å². The molecule has 2 nitrogen and oxygen atoms in total. The molecule has 62 valence electrons. The van der Waals surface area contributed by atoms with Crippen LogP contribution in [0.1, 0.15) is 5.56 Å². The van der Waals surface area contributed by atoms with Crippen molar-refractivity contribution < 1.29 is 4.79 Å². The molecule has 0 saturated heterocycles. The average Bonchev–Trinajstić information content (AvgIpc) is 2.03. The van der Waals surface area contributed by atoms with E-state index in [0.717, 1.165) is 5.56 Å². The quantitative estimate of drug-likeness (QED) is 0.696. The van der Waals surface area contributed by atoms with E-state index in [1.807, 2.05) is 18.2 Å². The molecular formula is C9H8ClNO. The van der Waals surface area contributed by atoms with Gasteiger partial charge in [-0.1, -0.05) is 29.8 Å². The Bertz CT molecular complexity index is 320. The lowest BCUT2D eigenvalue weighted by Gasteiger charge is -1.94. The van der Waals surface area contributed by atoms with Crippen LogP contribution in [0.15, 0.2) is 30.3 Å². The lowest BCUT2D eigenvalue weighted by Crippen LogP contribution is -2.05. The van der Waals surface area contributed by atoms with Crippen molar-refractivity contribution in [3.63, 3.8) is 0 Å². The summed E-state index contributed by atoms with van der Waals surface area (Å²) in [5.41, 5.74) is 5.71. The van der Waals surface area contributed by atoms with Gasteiger partial charge in [-0.15, -0.1) is 0 Å². The number of primary amides is 1. The minimum Gasteiger partial charge on any atom is -0.366 e. The van der Waals surface area contributed by atoms with Crippen molar-refractivity contribution in [2.75, 3.05) is 0 Å². The third-order valence-electron chi connectivity index (χ3n) is 1.33. The molecule has 0 radical (unpaired) electrons. The maximum Gasteiger partial charge on any atom is 0.241 e. The highest BCUT2D eigenvalue weighted by molar-refractivity contribution is 6.32. The van der Waals surface area contributed by atoms with Gasteiger partial charge in [-0.2, -0.15) is 0 Å². The minimum atomic E-state index is -0.477. The van der Waals surface area contributed by atoms with Gasteiger partial charge >= 0.3 is 0 Å². The van der Waals surface area contributed by atoms with Gasteiger partial charge in [0.25, 0.3) is 0 Å². The molecule has 12 heavy (non-hydrogen) atoms. The predicted octanol–water partition coefficient (Wildman–Crippen LogP) is 1.84. The Kier molecular flexibility index (Phi) is 2.88. The minimum absolute atomic E-state index is 0.477. The molecule has 2 N–H and O–H groups in total. The highest BCUT2D eigenvalue weighted by Gasteiger charge is 1.93. The van der Waals surface area contributed by atoms with Crippen LogP contribution in [0, 0.1) is 0 Å². The van der Waals surface area contributed by atoms with E-state index in [4.69, 9.17) is 17.3 Å². The lowest BCUT2D eigenvalue weighted by atomic mass is 10.2. The summed E-state index contributed by atoms with van der Waals surface area (Å²) in [5, 5.41) is 0.606. The van der Waals surface area contributed by atoms with E-state index in [-0.39, 0.29) is 0 Å². The van der Waals surface area contributed by atoms with Crippen molar-refractivity contribution in [3.05, 3.63) is 40.9 Å². The van der Waals surface area contributed by atoms with Crippen LogP contribution >= 0.6 is 11.6 Å². The van der Waals surface area contributed by atoms with Gasteiger partial charge in [-0.25, -0.2) is 0 Å². The Morgan fingerprint density at radius 1 is 1.42 bits per heavy atom. The standard InChI is InChI=1S/C9H8ClNO/c10-8-4-2-1-3-7(8)5-6-9(11)12/h1-6H,(H2,11,12)/b6-5-. The first-order valence-corrected chi connectivity index (χ1v) is 3.80. The second-order valence-electron chi connectivity index (χ2n) is 2.26. The van der Waals surface area contributed by atoms with E-state index >= 15 is 0 Å². The maximum absolute atomic E-state index is 10.4. The fraction of sp³-hybridized carbons (Fsp3) is 0. The topological polar surface area (TPSA) is 43.1 Å². The molecule has 1 aromatic carbocycles. The second-order valence-corrected chi connectivity index (χ2v) is 2.66. The van der Waals surface area contributed by atoms with Gasteiger partial charge in [0.05, 0.1) is 0 Å². The highest BCUT2D eigenvalue weighted by Crippen LogP contribution is 2.15. The molecule has 0 aliphatic rings. The first-order chi connectivity index (χ1) is 5.70. The van der Waals surface area contributed by atoms with Crippen LogP contribution < -0.4 is 5.73 Å². The summed E-state index contributed by atoms with van der Waals surface area (Å²) in [5.74, 6) is -0.477. The molecular weight excluding hydrogens is 174 g/mol. The molecule has 3 heteroatoms. The number of hydrogen-bond acceptors (Lipinski definition) is 1. The van der Waals surface area contributed by atoms with Gasteiger partial charge in [0.2, 0.25) is 5.91 Å². The summed E-state index contributed by atoms with van der Waals surface area (Å²) in [6, 6.07) is 7.22. The zero-order chi connectivity index (χ0) is 8.97. The smallest absolute Gasteiger partial charge is 0.241 e. The van der Waals surface area contributed by atoms with Gasteiger partial charge < -0.3 is 5.73 Å². The highest BCUT2D eigenvalue weighted by atomic mass is 35.5. The summed E-state index contributed by atoms with van der Waals surface area (Å²) in [6.07, 6.45) is 2.87. The summed E-state index contributed by atoms with van der Waals surface area (Å²) < 4.78 is 0.